The van der Waals surface area contributed by atoms with Crippen molar-refractivity contribution in [2.24, 2.45) is 0 Å². The first kappa shape index (κ1) is 16.6. The Morgan fingerprint density at radius 2 is 1.63 bits per heavy atom. The van der Waals surface area contributed by atoms with Crippen molar-refractivity contribution < 1.29 is 9.53 Å². The van der Waals surface area contributed by atoms with E-state index >= 15 is 0 Å². The third kappa shape index (κ3) is 4.04. The van der Waals surface area contributed by atoms with Crippen LogP contribution in [0, 0.1) is 0 Å². The molecular weight excluding hydrogens is 342 g/mol. The number of nitrogens with zero attached hydrogens (tertiary/aromatic N) is 3. The molecule has 0 fully saturated rings. The SMILES string of the molecule is O=C(NCc1nnc2ccccn12)Nc1ccc(Oc2ccccc2)cc1. The zero-order chi connectivity index (χ0) is 18.5. The molecule has 0 unspecified atom stereocenters. The van der Waals surface area contributed by atoms with Gasteiger partial charge < -0.3 is 15.4 Å². The van der Waals surface area contributed by atoms with Crippen LogP contribution in [0.15, 0.2) is 79.0 Å². The van der Waals surface area contributed by atoms with Crippen molar-refractivity contribution in [2.45, 2.75) is 6.54 Å². The predicted octanol–water partition coefficient (Wildman–Crippen LogP) is 3.84. The van der Waals surface area contributed by atoms with Crippen LogP contribution >= 0.6 is 0 Å². The Morgan fingerprint density at radius 1 is 0.889 bits per heavy atom. The van der Waals surface area contributed by atoms with Gasteiger partial charge in [-0.1, -0.05) is 24.3 Å². The lowest BCUT2D eigenvalue weighted by Crippen LogP contribution is -2.28. The average Bonchev–Trinajstić information content (AvgIpc) is 3.12. The molecule has 2 heterocycles. The van der Waals surface area contributed by atoms with E-state index in [1.165, 1.54) is 0 Å². The van der Waals surface area contributed by atoms with Gasteiger partial charge in [-0.15, -0.1) is 10.2 Å². The maximum atomic E-state index is 12.1. The van der Waals surface area contributed by atoms with Gasteiger partial charge in [0.1, 0.15) is 11.5 Å². The minimum Gasteiger partial charge on any atom is -0.457 e. The number of rotatable bonds is 5. The van der Waals surface area contributed by atoms with E-state index in [0.29, 0.717) is 17.3 Å². The zero-order valence-electron chi connectivity index (χ0n) is 14.4. The largest absolute Gasteiger partial charge is 0.457 e. The fraction of sp³-hybridized carbons (Fsp3) is 0.0500. The lowest BCUT2D eigenvalue weighted by atomic mass is 10.3. The Labute approximate surface area is 155 Å². The van der Waals surface area contributed by atoms with Crippen LogP contribution in [0.4, 0.5) is 10.5 Å². The number of nitrogens with one attached hydrogen (secondary N) is 2. The minimum atomic E-state index is -0.320. The number of hydrogen-bond acceptors (Lipinski definition) is 4. The van der Waals surface area contributed by atoms with Gasteiger partial charge in [-0.3, -0.25) is 4.40 Å². The quantitative estimate of drug-likeness (QED) is 0.567. The molecule has 2 amide bonds. The number of amides is 2. The maximum Gasteiger partial charge on any atom is 0.319 e. The first-order valence-electron chi connectivity index (χ1n) is 8.44. The van der Waals surface area contributed by atoms with Crippen LogP contribution in [0.3, 0.4) is 0 Å². The highest BCUT2D eigenvalue weighted by molar-refractivity contribution is 5.89. The van der Waals surface area contributed by atoms with Crippen molar-refractivity contribution in [1.82, 2.24) is 19.9 Å². The van der Waals surface area contributed by atoms with E-state index in [2.05, 4.69) is 20.8 Å². The Balaban J connectivity index is 1.33. The maximum absolute atomic E-state index is 12.1. The van der Waals surface area contributed by atoms with Crippen LogP contribution in [-0.4, -0.2) is 20.6 Å². The number of pyridine rings is 1. The second-order valence-corrected chi connectivity index (χ2v) is 5.79. The molecule has 0 aliphatic heterocycles. The summed E-state index contributed by atoms with van der Waals surface area (Å²) in [4.78, 5) is 12.1. The molecule has 2 N–H and O–H groups in total. The van der Waals surface area contributed by atoms with E-state index in [9.17, 15) is 4.79 Å². The van der Waals surface area contributed by atoms with E-state index in [4.69, 9.17) is 4.74 Å². The van der Waals surface area contributed by atoms with Gasteiger partial charge in [0.2, 0.25) is 0 Å². The van der Waals surface area contributed by atoms with Crippen molar-refractivity contribution >= 4 is 17.4 Å². The molecule has 0 aliphatic carbocycles. The Morgan fingerprint density at radius 3 is 2.44 bits per heavy atom. The molecule has 0 bridgehead atoms. The van der Waals surface area contributed by atoms with Crippen molar-refractivity contribution in [3.8, 4) is 11.5 Å². The van der Waals surface area contributed by atoms with Gasteiger partial charge in [-0.25, -0.2) is 4.79 Å². The molecule has 2 aromatic carbocycles. The molecule has 0 atom stereocenters. The summed E-state index contributed by atoms with van der Waals surface area (Å²) in [5.41, 5.74) is 1.41. The zero-order valence-corrected chi connectivity index (χ0v) is 14.4. The molecule has 0 spiro atoms. The van der Waals surface area contributed by atoms with Crippen molar-refractivity contribution in [3.63, 3.8) is 0 Å². The summed E-state index contributed by atoms with van der Waals surface area (Å²) in [6.07, 6.45) is 1.86. The third-order valence-corrected chi connectivity index (χ3v) is 3.88. The van der Waals surface area contributed by atoms with E-state index in [1.807, 2.05) is 59.1 Å². The van der Waals surface area contributed by atoms with Gasteiger partial charge in [0, 0.05) is 11.9 Å². The molecule has 134 valence electrons. The summed E-state index contributed by atoms with van der Waals surface area (Å²) in [5.74, 6) is 2.12. The van der Waals surface area contributed by atoms with E-state index in [0.717, 1.165) is 11.4 Å². The molecule has 7 heteroatoms. The van der Waals surface area contributed by atoms with Crippen LogP contribution in [0.5, 0.6) is 11.5 Å². The number of para-hydroxylation sites is 1. The third-order valence-electron chi connectivity index (χ3n) is 3.88. The number of anilines is 1. The topological polar surface area (TPSA) is 80.6 Å². The first-order valence-corrected chi connectivity index (χ1v) is 8.44. The summed E-state index contributed by atoms with van der Waals surface area (Å²) in [7, 11) is 0. The van der Waals surface area contributed by atoms with Gasteiger partial charge in [0.25, 0.3) is 0 Å². The molecule has 4 rings (SSSR count). The Kier molecular flexibility index (Phi) is 4.65. The summed E-state index contributed by atoms with van der Waals surface area (Å²) in [6.45, 7) is 0.270. The van der Waals surface area contributed by atoms with Crippen molar-refractivity contribution in [3.05, 3.63) is 84.8 Å². The molecule has 27 heavy (non-hydrogen) atoms. The van der Waals surface area contributed by atoms with Crippen LogP contribution < -0.4 is 15.4 Å². The van der Waals surface area contributed by atoms with Gasteiger partial charge in [0.05, 0.1) is 6.54 Å². The summed E-state index contributed by atoms with van der Waals surface area (Å²) < 4.78 is 7.56. The molecule has 7 nitrogen and oxygen atoms in total. The number of ether oxygens (including phenoxy) is 1. The summed E-state index contributed by atoms with van der Waals surface area (Å²) in [5, 5.41) is 13.7. The minimum absolute atomic E-state index is 0.270. The Hall–Kier alpha value is -3.87. The van der Waals surface area contributed by atoms with Crippen molar-refractivity contribution in [2.75, 3.05) is 5.32 Å². The van der Waals surface area contributed by atoms with E-state index in [-0.39, 0.29) is 12.6 Å². The monoisotopic (exact) mass is 359 g/mol. The number of aromatic nitrogens is 3. The average molecular weight is 359 g/mol. The number of hydrogen-bond donors (Lipinski definition) is 2. The van der Waals surface area contributed by atoms with Crippen LogP contribution in [-0.2, 0) is 6.54 Å². The summed E-state index contributed by atoms with van der Waals surface area (Å²) in [6, 6.07) is 22.0. The molecule has 4 aromatic rings. The van der Waals surface area contributed by atoms with Gasteiger partial charge >= 0.3 is 6.03 Å². The number of fused-ring (bicyclic) bond motifs is 1. The van der Waals surface area contributed by atoms with Crippen LogP contribution in [0.25, 0.3) is 5.65 Å². The molecule has 0 saturated heterocycles. The van der Waals surface area contributed by atoms with Gasteiger partial charge in [0.15, 0.2) is 11.5 Å². The number of carbonyl (C=O) groups is 1. The number of urea groups is 1. The van der Waals surface area contributed by atoms with Gasteiger partial charge in [-0.2, -0.15) is 0 Å². The molecule has 0 aliphatic rings. The molecular formula is C20H17N5O2. The second-order valence-electron chi connectivity index (χ2n) is 5.79. The number of carbonyl (C=O) groups excluding carboxylic acids is 1. The molecule has 0 saturated carbocycles. The van der Waals surface area contributed by atoms with E-state index < -0.39 is 0 Å². The lowest BCUT2D eigenvalue weighted by Gasteiger charge is -2.09. The first-order chi connectivity index (χ1) is 13.3. The highest BCUT2D eigenvalue weighted by Gasteiger charge is 2.07. The summed E-state index contributed by atoms with van der Waals surface area (Å²) >= 11 is 0. The van der Waals surface area contributed by atoms with Crippen LogP contribution in [0.1, 0.15) is 5.82 Å². The Bertz CT molecular complexity index is 1040. The molecule has 0 radical (unpaired) electrons. The smallest absolute Gasteiger partial charge is 0.319 e. The lowest BCUT2D eigenvalue weighted by molar-refractivity contribution is 0.251. The molecule has 2 aromatic heterocycles. The van der Waals surface area contributed by atoms with Crippen LogP contribution in [0.2, 0.25) is 0 Å². The fourth-order valence-corrected chi connectivity index (χ4v) is 2.58. The predicted molar refractivity (Wildman–Crippen MR) is 102 cm³/mol. The highest BCUT2D eigenvalue weighted by atomic mass is 16.5. The standard InChI is InChI=1S/C20H17N5O2/c26-20(21-14-19-24-23-18-8-4-5-13-25(18)19)22-15-9-11-17(12-10-15)27-16-6-2-1-3-7-16/h1-13H,14H2,(H2,21,22,26). The van der Waals surface area contributed by atoms with E-state index in [1.54, 1.807) is 24.3 Å². The highest BCUT2D eigenvalue weighted by Crippen LogP contribution is 2.22. The van der Waals surface area contributed by atoms with Crippen molar-refractivity contribution in [1.29, 1.82) is 0 Å². The normalized spacial score (nSPS) is 10.5. The fourth-order valence-electron chi connectivity index (χ4n) is 2.58. The second kappa shape index (κ2) is 7.57. The number of benzene rings is 2. The van der Waals surface area contributed by atoms with Gasteiger partial charge in [-0.05, 0) is 48.5 Å².